The minimum Gasteiger partial charge on any atom is -0.506 e. The largest absolute Gasteiger partial charge is 0.506 e. The van der Waals surface area contributed by atoms with Crippen LogP contribution in [0.3, 0.4) is 0 Å². The molecule has 2 aliphatic heterocycles. The van der Waals surface area contributed by atoms with Crippen molar-refractivity contribution >= 4 is 40.6 Å². The second kappa shape index (κ2) is 13.2. The number of allylic oxidation sites excluding steroid dienone is 1. The number of hydrogen-bond acceptors (Lipinski definition) is 7. The molecule has 2 N–H and O–H groups in total. The number of fused-ring (bicyclic) bond motifs is 1. The molecule has 0 saturated carbocycles. The molecule has 2 heterocycles. The molecule has 10 heteroatoms. The number of nitrogens with zero attached hydrogens (tertiary/aromatic N) is 2. The molecule has 0 radical (unpaired) electrons. The normalized spacial score (nSPS) is 19.1. The van der Waals surface area contributed by atoms with E-state index in [1.54, 1.807) is 41.3 Å². The highest BCUT2D eigenvalue weighted by molar-refractivity contribution is 6.31. The molecule has 3 aromatic rings. The zero-order valence-corrected chi connectivity index (χ0v) is 26.8. The SMILES string of the molecule is CC1(C)CC(=O)C2=C(C1)Nc1c(O)cccc1N(C(=O)CCC(=O)N1CCOCC1)C2c1ccc(OCc2ccccc2)cc1Cl. The first-order chi connectivity index (χ1) is 22.1. The van der Waals surface area contributed by atoms with E-state index in [-0.39, 0.29) is 48.0 Å². The van der Waals surface area contributed by atoms with Crippen molar-refractivity contribution in [1.29, 1.82) is 0 Å². The molecule has 1 atom stereocenters. The Morgan fingerprint density at radius 2 is 1.74 bits per heavy atom. The summed E-state index contributed by atoms with van der Waals surface area (Å²) in [5, 5.41) is 14.7. The van der Waals surface area contributed by atoms with Gasteiger partial charge in [0, 0.05) is 48.6 Å². The van der Waals surface area contributed by atoms with E-state index in [0.29, 0.717) is 78.3 Å². The van der Waals surface area contributed by atoms with Gasteiger partial charge in [0.15, 0.2) is 5.78 Å². The molecule has 1 aliphatic carbocycles. The Morgan fingerprint density at radius 3 is 2.48 bits per heavy atom. The fourth-order valence-electron chi connectivity index (χ4n) is 6.48. The predicted octanol–water partition coefficient (Wildman–Crippen LogP) is 6.41. The fourth-order valence-corrected chi connectivity index (χ4v) is 6.75. The molecule has 1 fully saturated rings. The van der Waals surface area contributed by atoms with Crippen molar-refractivity contribution in [3.05, 3.63) is 94.1 Å². The number of benzene rings is 3. The molecule has 6 rings (SSSR count). The van der Waals surface area contributed by atoms with E-state index >= 15 is 0 Å². The molecule has 0 bridgehead atoms. The van der Waals surface area contributed by atoms with Gasteiger partial charge in [-0.3, -0.25) is 19.3 Å². The summed E-state index contributed by atoms with van der Waals surface area (Å²) >= 11 is 7.00. The average Bonchev–Trinajstić information content (AvgIpc) is 3.18. The van der Waals surface area contributed by atoms with Crippen molar-refractivity contribution in [2.75, 3.05) is 36.5 Å². The highest BCUT2D eigenvalue weighted by atomic mass is 35.5. The molecule has 2 amide bonds. The predicted molar refractivity (Wildman–Crippen MR) is 176 cm³/mol. The lowest BCUT2D eigenvalue weighted by molar-refractivity contribution is -0.136. The molecular weight excluding hydrogens is 606 g/mol. The van der Waals surface area contributed by atoms with Crippen molar-refractivity contribution in [3.8, 4) is 11.5 Å². The van der Waals surface area contributed by atoms with Crippen molar-refractivity contribution in [2.24, 2.45) is 5.41 Å². The number of morpholine rings is 1. The zero-order valence-electron chi connectivity index (χ0n) is 26.1. The van der Waals surface area contributed by atoms with Crippen molar-refractivity contribution in [1.82, 2.24) is 4.90 Å². The third kappa shape index (κ3) is 6.62. The first-order valence-corrected chi connectivity index (χ1v) is 16.0. The number of ketones is 1. The van der Waals surface area contributed by atoms with E-state index in [1.807, 2.05) is 44.2 Å². The molecule has 3 aromatic carbocycles. The van der Waals surface area contributed by atoms with Gasteiger partial charge in [-0.2, -0.15) is 0 Å². The number of anilines is 2. The minimum absolute atomic E-state index is 0.00346. The van der Waals surface area contributed by atoms with Crippen LogP contribution in [0.15, 0.2) is 78.0 Å². The quantitative estimate of drug-likeness (QED) is 0.287. The lowest BCUT2D eigenvalue weighted by atomic mass is 9.73. The van der Waals surface area contributed by atoms with Gasteiger partial charge in [0.05, 0.1) is 24.9 Å². The molecular formula is C36H38ClN3O6. The number of phenolic OH excluding ortho intramolecular Hbond substituents is 1. The van der Waals surface area contributed by atoms with Crippen LogP contribution in [0.5, 0.6) is 11.5 Å². The van der Waals surface area contributed by atoms with E-state index < -0.39 is 6.04 Å². The summed E-state index contributed by atoms with van der Waals surface area (Å²) in [6.45, 7) is 6.28. The second-order valence-electron chi connectivity index (χ2n) is 12.7. The van der Waals surface area contributed by atoms with Gasteiger partial charge in [-0.15, -0.1) is 0 Å². The Balaban J connectivity index is 1.41. The van der Waals surface area contributed by atoms with Gasteiger partial charge in [0.25, 0.3) is 0 Å². The number of halogens is 1. The van der Waals surface area contributed by atoms with Crippen LogP contribution in [-0.4, -0.2) is 53.9 Å². The van der Waals surface area contributed by atoms with Crippen LogP contribution in [0.1, 0.15) is 56.7 Å². The van der Waals surface area contributed by atoms with Gasteiger partial charge in [-0.25, -0.2) is 0 Å². The maximum atomic E-state index is 14.4. The number of nitrogens with one attached hydrogen (secondary N) is 1. The number of carbonyl (C=O) groups excluding carboxylic acids is 3. The van der Waals surface area contributed by atoms with E-state index in [1.165, 1.54) is 4.90 Å². The number of ether oxygens (including phenoxy) is 2. The summed E-state index contributed by atoms with van der Waals surface area (Å²) in [6, 6.07) is 19.1. The lowest BCUT2D eigenvalue weighted by Gasteiger charge is -2.37. The Labute approximate surface area is 273 Å². The fraction of sp³-hybridized carbons (Fsp3) is 0.361. The van der Waals surface area contributed by atoms with E-state index in [2.05, 4.69) is 5.32 Å². The van der Waals surface area contributed by atoms with E-state index in [9.17, 15) is 19.5 Å². The van der Waals surface area contributed by atoms with Crippen LogP contribution in [-0.2, 0) is 25.7 Å². The number of carbonyl (C=O) groups is 3. The molecule has 3 aliphatic rings. The van der Waals surface area contributed by atoms with Gasteiger partial charge in [-0.05, 0) is 47.2 Å². The van der Waals surface area contributed by atoms with Gasteiger partial charge >= 0.3 is 0 Å². The summed E-state index contributed by atoms with van der Waals surface area (Å²) in [7, 11) is 0. The summed E-state index contributed by atoms with van der Waals surface area (Å²) in [5.41, 5.74) is 2.98. The van der Waals surface area contributed by atoms with Gasteiger partial charge in [0.1, 0.15) is 23.8 Å². The Hall–Kier alpha value is -4.34. The molecule has 0 spiro atoms. The van der Waals surface area contributed by atoms with Crippen LogP contribution < -0.4 is 15.0 Å². The highest BCUT2D eigenvalue weighted by Crippen LogP contribution is 2.51. The van der Waals surface area contributed by atoms with Gasteiger partial charge in [0.2, 0.25) is 11.8 Å². The standard InChI is InChI=1S/C36H38ClN3O6/c1-36(2)20-27-33(30(42)21-36)35(25-12-11-24(19-26(25)37)46-22-23-7-4-3-5-8-23)40(28-9-6-10-29(41)34(28)38-27)32(44)14-13-31(43)39-15-17-45-18-16-39/h3-12,19,35,38,41H,13-18,20-22H2,1-2H3. The second-order valence-corrected chi connectivity index (χ2v) is 13.2. The van der Waals surface area contributed by atoms with Crippen LogP contribution in [0, 0.1) is 5.41 Å². The summed E-state index contributed by atoms with van der Waals surface area (Å²) in [6.07, 6.45) is 0.696. The Morgan fingerprint density at radius 1 is 1.00 bits per heavy atom. The van der Waals surface area contributed by atoms with Gasteiger partial charge in [-0.1, -0.05) is 67.9 Å². The number of amides is 2. The molecule has 46 heavy (non-hydrogen) atoms. The molecule has 1 saturated heterocycles. The van der Waals surface area contributed by atoms with E-state index in [4.69, 9.17) is 21.1 Å². The van der Waals surface area contributed by atoms with Crippen molar-refractivity contribution in [3.63, 3.8) is 0 Å². The monoisotopic (exact) mass is 643 g/mol. The topological polar surface area (TPSA) is 108 Å². The first-order valence-electron chi connectivity index (χ1n) is 15.6. The summed E-state index contributed by atoms with van der Waals surface area (Å²) in [4.78, 5) is 44.7. The third-order valence-electron chi connectivity index (χ3n) is 8.71. The molecule has 240 valence electrons. The molecule has 1 unspecified atom stereocenters. The number of rotatable bonds is 7. The summed E-state index contributed by atoms with van der Waals surface area (Å²) in [5.74, 6) is -0.128. The average molecular weight is 644 g/mol. The summed E-state index contributed by atoms with van der Waals surface area (Å²) < 4.78 is 11.4. The van der Waals surface area contributed by atoms with Crippen LogP contribution in [0.2, 0.25) is 5.02 Å². The molecule has 9 nitrogen and oxygen atoms in total. The maximum Gasteiger partial charge on any atom is 0.228 e. The Kier molecular flexibility index (Phi) is 9.06. The van der Waals surface area contributed by atoms with Crippen molar-refractivity contribution in [2.45, 2.75) is 52.2 Å². The number of aromatic hydroxyl groups is 1. The van der Waals surface area contributed by atoms with Crippen LogP contribution in [0.25, 0.3) is 0 Å². The maximum absolute atomic E-state index is 14.4. The molecule has 0 aromatic heterocycles. The number of para-hydroxylation sites is 1. The first kappa shape index (κ1) is 31.6. The third-order valence-corrected chi connectivity index (χ3v) is 9.03. The smallest absolute Gasteiger partial charge is 0.228 e. The van der Waals surface area contributed by atoms with Crippen molar-refractivity contribution < 1.29 is 29.0 Å². The van der Waals surface area contributed by atoms with E-state index in [0.717, 1.165) is 5.56 Å². The Bertz CT molecular complexity index is 1680. The number of Topliss-reactive ketones (excluding diaryl/α,β-unsaturated/α-hetero) is 1. The van der Waals surface area contributed by atoms with Crippen LogP contribution >= 0.6 is 11.6 Å². The number of phenols is 1. The van der Waals surface area contributed by atoms with Crippen LogP contribution in [0.4, 0.5) is 11.4 Å². The minimum atomic E-state index is -0.907. The van der Waals surface area contributed by atoms with Gasteiger partial charge < -0.3 is 24.8 Å². The number of hydrogen-bond donors (Lipinski definition) is 2. The zero-order chi connectivity index (χ0) is 32.4. The highest BCUT2D eigenvalue weighted by Gasteiger charge is 2.44. The lowest BCUT2D eigenvalue weighted by Crippen LogP contribution is -2.42.